The summed E-state index contributed by atoms with van der Waals surface area (Å²) in [5.41, 5.74) is 2.32. The highest BCUT2D eigenvalue weighted by Gasteiger charge is 2.43. The largest absolute Gasteiger partial charge is 0.481 e. The van der Waals surface area contributed by atoms with Gasteiger partial charge in [-0.05, 0) is 98.6 Å². The van der Waals surface area contributed by atoms with E-state index in [-0.39, 0.29) is 139 Å². The number of ether oxygens (including phenoxy) is 3. The maximum Gasteiger partial charge on any atom is 0.410 e. The zero-order valence-corrected chi connectivity index (χ0v) is 56.9. The maximum absolute atomic E-state index is 13.9. The molecule has 2 heterocycles. The number of thioether (sulfide) groups is 1. The summed E-state index contributed by atoms with van der Waals surface area (Å²) in [6.45, 7) is 22.0. The number of methoxy groups -OCH3 is 2. The Hall–Kier alpha value is -6.19. The third-order valence-corrected chi connectivity index (χ3v) is 18.6. The number of ketones is 3. The predicted octanol–water partition coefficient (Wildman–Crippen LogP) is 9.53. The van der Waals surface area contributed by atoms with Crippen molar-refractivity contribution in [1.82, 2.24) is 24.9 Å². The van der Waals surface area contributed by atoms with E-state index in [1.165, 1.54) is 28.5 Å². The van der Waals surface area contributed by atoms with Crippen molar-refractivity contribution in [3.05, 3.63) is 65.7 Å². The van der Waals surface area contributed by atoms with Crippen LogP contribution in [0.2, 0.25) is 0 Å². The van der Waals surface area contributed by atoms with Crippen molar-refractivity contribution >= 4 is 76.4 Å². The first-order chi connectivity index (χ1) is 42.1. The molecule has 0 bridgehead atoms. The Morgan fingerprint density at radius 3 is 1.96 bits per heavy atom. The zero-order chi connectivity index (χ0) is 66.8. The number of amides is 6. The SMILES string of the molecule is CC[C@H](C(=O)N(C)[C@@H]([C@@H](C)CC)[C@@H](CC(=O)N1CCC[C@H]1[C@H](OC)[C@@H](C)C(=O)C[C@@H](Cc1ccccc1)C(=O)O)OC)C(C)C.CSC1CC(=O)N(CCCCCC(=O)N[C@H](C(=O)CNc2ccc(COC(=O)N(C)[C@H](C(C)=O)C(C)C)cc2)C(C)C)C1=O. The molecule has 6 amide bonds. The number of hydrogen-bond acceptors (Lipinski definition) is 15. The number of carboxylic acids is 1. The number of likely N-dealkylation sites (N-methyl/N-ethyl adjacent to an activating group) is 2. The first-order valence-electron chi connectivity index (χ1n) is 31.9. The lowest BCUT2D eigenvalue weighted by molar-refractivity contribution is -0.148. The van der Waals surface area contributed by atoms with Gasteiger partial charge in [0.1, 0.15) is 12.4 Å². The van der Waals surface area contributed by atoms with E-state index in [4.69, 9.17) is 14.2 Å². The molecule has 4 rings (SSSR count). The van der Waals surface area contributed by atoms with Crippen LogP contribution in [0, 0.1) is 41.4 Å². The van der Waals surface area contributed by atoms with E-state index in [0.717, 1.165) is 30.4 Å². The molecule has 2 aliphatic heterocycles. The third-order valence-electron chi connectivity index (χ3n) is 17.7. The second-order valence-corrected chi connectivity index (χ2v) is 26.2. The van der Waals surface area contributed by atoms with Crippen LogP contribution in [0.25, 0.3) is 0 Å². The van der Waals surface area contributed by atoms with Crippen LogP contribution >= 0.6 is 11.8 Å². The molecule has 3 N–H and O–H groups in total. The average molecular weight is 1260 g/mol. The molecule has 1 unspecified atom stereocenters. The van der Waals surface area contributed by atoms with Gasteiger partial charge in [0.25, 0.3) is 0 Å². The van der Waals surface area contributed by atoms with Crippen LogP contribution in [0.1, 0.15) is 158 Å². The maximum atomic E-state index is 13.9. The van der Waals surface area contributed by atoms with E-state index in [1.54, 1.807) is 62.3 Å². The van der Waals surface area contributed by atoms with Gasteiger partial charge in [-0.15, -0.1) is 0 Å². The minimum atomic E-state index is -1.00. The van der Waals surface area contributed by atoms with Crippen LogP contribution in [0.3, 0.4) is 0 Å². The summed E-state index contributed by atoms with van der Waals surface area (Å²) in [4.78, 5) is 133. The van der Waals surface area contributed by atoms with Gasteiger partial charge in [-0.2, -0.15) is 11.8 Å². The van der Waals surface area contributed by atoms with Crippen molar-refractivity contribution < 1.29 is 67.3 Å². The molecule has 21 heteroatoms. The normalized spacial score (nSPS) is 18.0. The van der Waals surface area contributed by atoms with Gasteiger partial charge in [0.2, 0.25) is 29.5 Å². The number of rotatable bonds is 37. The lowest BCUT2D eigenvalue weighted by Crippen LogP contribution is -2.54. The number of Topliss-reactive ketones (excluding diaryl/α,β-unsaturated/α-hetero) is 3. The number of anilines is 1. The quantitative estimate of drug-likeness (QED) is 0.0420. The fraction of sp³-hybridized carbons (Fsp3) is 0.676. The van der Waals surface area contributed by atoms with Gasteiger partial charge < -0.3 is 44.7 Å². The number of nitrogens with zero attached hydrogens (tertiary/aromatic N) is 4. The molecular weight excluding hydrogens is 1160 g/mol. The number of hydrogen-bond donors (Lipinski definition) is 3. The number of unbranched alkanes of at least 4 members (excludes halogenated alkanes) is 2. The molecule has 2 aromatic carbocycles. The first-order valence-corrected chi connectivity index (χ1v) is 33.2. The Bertz CT molecular complexity index is 2620. The summed E-state index contributed by atoms with van der Waals surface area (Å²) in [5.74, 6) is -3.29. The van der Waals surface area contributed by atoms with E-state index < -0.39 is 48.2 Å². The molecule has 20 nitrogen and oxygen atoms in total. The number of aliphatic carboxylic acids is 1. The average Bonchev–Trinajstić information content (AvgIpc) is 2.11. The fourth-order valence-electron chi connectivity index (χ4n) is 12.3. The van der Waals surface area contributed by atoms with Crippen molar-refractivity contribution in [2.24, 2.45) is 41.4 Å². The highest BCUT2D eigenvalue weighted by Crippen LogP contribution is 2.32. The number of imide groups is 1. The Labute approximate surface area is 534 Å². The fourth-order valence-corrected chi connectivity index (χ4v) is 13.0. The van der Waals surface area contributed by atoms with Gasteiger partial charge in [-0.3, -0.25) is 48.1 Å². The van der Waals surface area contributed by atoms with Crippen LogP contribution in [0.15, 0.2) is 54.6 Å². The van der Waals surface area contributed by atoms with Crippen molar-refractivity contribution in [2.75, 3.05) is 59.5 Å². The molecule has 0 radical (unpaired) electrons. The van der Waals surface area contributed by atoms with Crippen LogP contribution < -0.4 is 10.6 Å². The second kappa shape index (κ2) is 38.5. The van der Waals surface area contributed by atoms with Crippen LogP contribution in [0.4, 0.5) is 10.5 Å². The van der Waals surface area contributed by atoms with E-state index in [1.807, 2.05) is 78.3 Å². The van der Waals surface area contributed by atoms with Crippen LogP contribution in [-0.4, -0.2) is 179 Å². The molecule has 0 spiro atoms. The number of likely N-dealkylation sites (tertiary alicyclic amines) is 2. The lowest BCUT2D eigenvalue weighted by atomic mass is 9.85. The number of carbonyl (C=O) groups excluding carboxylic acids is 9. The molecule has 11 atom stereocenters. The van der Waals surface area contributed by atoms with Gasteiger partial charge in [0.15, 0.2) is 11.6 Å². The molecule has 498 valence electrons. The van der Waals surface area contributed by atoms with Crippen molar-refractivity contribution in [1.29, 1.82) is 0 Å². The highest BCUT2D eigenvalue weighted by atomic mass is 32.2. The minimum absolute atomic E-state index is 0.0266. The number of carboxylic acid groups (broad SMARTS) is 1. The van der Waals surface area contributed by atoms with Crippen molar-refractivity contribution in [2.45, 2.75) is 201 Å². The zero-order valence-electron chi connectivity index (χ0n) is 56.0. The Morgan fingerprint density at radius 2 is 1.43 bits per heavy atom. The molecule has 89 heavy (non-hydrogen) atoms. The first kappa shape index (κ1) is 77.1. The molecule has 2 fully saturated rings. The Morgan fingerprint density at radius 1 is 0.775 bits per heavy atom. The molecular formula is C68H106N6O14S. The predicted molar refractivity (Wildman–Crippen MR) is 347 cm³/mol. The number of nitrogens with one attached hydrogen (secondary N) is 2. The Balaban J connectivity index is 0.000000465. The Kier molecular flexibility index (Phi) is 33.3. The van der Waals surface area contributed by atoms with E-state index >= 15 is 0 Å². The van der Waals surface area contributed by atoms with Gasteiger partial charge in [0, 0.05) is 78.2 Å². The van der Waals surface area contributed by atoms with Crippen molar-refractivity contribution in [3.63, 3.8) is 0 Å². The van der Waals surface area contributed by atoms with Crippen LogP contribution in [-0.2, 0) is 70.4 Å². The molecule has 2 saturated heterocycles. The van der Waals surface area contributed by atoms with Gasteiger partial charge >= 0.3 is 12.1 Å². The summed E-state index contributed by atoms with van der Waals surface area (Å²) in [5, 5.41) is 15.5. The van der Waals surface area contributed by atoms with Gasteiger partial charge in [-0.25, -0.2) is 4.79 Å². The van der Waals surface area contributed by atoms with Crippen molar-refractivity contribution in [3.8, 4) is 0 Å². The summed E-state index contributed by atoms with van der Waals surface area (Å²) in [6.07, 6.45) is 5.93. The van der Waals surface area contributed by atoms with E-state index in [0.29, 0.717) is 44.5 Å². The minimum Gasteiger partial charge on any atom is -0.481 e. The molecule has 2 aromatic rings. The van der Waals surface area contributed by atoms with E-state index in [9.17, 15) is 53.1 Å². The summed E-state index contributed by atoms with van der Waals surface area (Å²) in [7, 11) is 6.52. The highest BCUT2D eigenvalue weighted by molar-refractivity contribution is 8.00. The van der Waals surface area contributed by atoms with E-state index in [2.05, 4.69) is 38.3 Å². The standard InChI is InChI=1S/C36H58N2O7.C32H48N4O7S/c1-10-24(5)33(37(7)35(41)28(11-2)23(3)4)31(44-8)22-32(40)38-19-15-18-29(38)34(45-9)25(6)30(39)21-27(36(42)43)20-26-16-13-12-14-17-26;1-20(2)29(34-27(39)11-9-8-10-16-36-28(40)17-26(44-7)31(36)41)25(38)18-33-24-14-12-23(13-15-24)19-43-32(42)35(6)30(21(3)4)22(5)37/h12-14,16-17,23-25,27-29,31,33-34H,10-11,15,18-22H2,1-9H3,(H,42,43);12-15,20-21,26,29-30,33H,8-11,16-19H2,1-7H3,(H,34,39)/t24-,25-,27+,28-,29-,31+,33-,34+;26?,29-,30-/m00/s1. The van der Waals surface area contributed by atoms with Gasteiger partial charge in [-0.1, -0.05) is 125 Å². The monoisotopic (exact) mass is 1260 g/mol. The summed E-state index contributed by atoms with van der Waals surface area (Å²) >= 11 is 1.39. The van der Waals surface area contributed by atoms with Crippen LogP contribution in [0.5, 0.6) is 0 Å². The summed E-state index contributed by atoms with van der Waals surface area (Å²) < 4.78 is 17.2. The number of carbonyl (C=O) groups is 10. The molecule has 0 saturated carbocycles. The van der Waals surface area contributed by atoms with Gasteiger partial charge in [0.05, 0.1) is 60.5 Å². The molecule has 0 aromatic heterocycles. The molecule has 2 aliphatic rings. The number of benzene rings is 2. The topological polar surface area (TPSA) is 256 Å². The lowest BCUT2D eigenvalue weighted by Gasteiger charge is -2.40. The second-order valence-electron chi connectivity index (χ2n) is 25.1. The molecule has 0 aliphatic carbocycles. The third kappa shape index (κ3) is 23.2. The summed E-state index contributed by atoms with van der Waals surface area (Å²) in [6, 6.07) is 14.6. The smallest absolute Gasteiger partial charge is 0.410 e.